The highest BCUT2D eigenvalue weighted by Gasteiger charge is 2.51. The van der Waals surface area contributed by atoms with E-state index in [1.165, 1.54) is 11.3 Å². The Kier molecular flexibility index (Phi) is 5.04. The minimum atomic E-state index is -0.929. The first kappa shape index (κ1) is 19.2. The molecule has 28 heavy (non-hydrogen) atoms. The van der Waals surface area contributed by atoms with Gasteiger partial charge in [0, 0.05) is 4.88 Å². The molecule has 3 aliphatic carbocycles. The number of aryl methyl sites for hydroxylation is 1. The molecule has 2 bridgehead atoms. The summed E-state index contributed by atoms with van der Waals surface area (Å²) in [4.78, 5) is 38.7. The summed E-state index contributed by atoms with van der Waals surface area (Å²) in [5, 5.41) is 13.0. The van der Waals surface area contributed by atoms with E-state index in [-0.39, 0.29) is 23.8 Å². The Morgan fingerprint density at radius 2 is 1.82 bits per heavy atom. The van der Waals surface area contributed by atoms with E-state index in [4.69, 9.17) is 4.74 Å². The number of hydrogen-bond donors (Lipinski definition) is 2. The summed E-state index contributed by atoms with van der Waals surface area (Å²) in [5.41, 5.74) is 1.45. The number of ether oxygens (including phenoxy) is 1. The maximum Gasteiger partial charge on any atom is 0.341 e. The number of carboxylic acids is 1. The van der Waals surface area contributed by atoms with Gasteiger partial charge in [-0.3, -0.25) is 9.59 Å². The number of rotatable bonds is 5. The maximum absolute atomic E-state index is 13.1. The lowest BCUT2D eigenvalue weighted by molar-refractivity contribution is -0.146. The fourth-order valence-electron chi connectivity index (χ4n) is 4.85. The van der Waals surface area contributed by atoms with E-state index in [1.807, 2.05) is 12.2 Å². The first-order chi connectivity index (χ1) is 13.4. The van der Waals surface area contributed by atoms with Crippen LogP contribution in [0.1, 0.15) is 53.9 Å². The molecule has 1 aromatic rings. The van der Waals surface area contributed by atoms with Crippen molar-refractivity contribution in [1.29, 1.82) is 0 Å². The van der Waals surface area contributed by atoms with Crippen LogP contribution in [0.5, 0.6) is 0 Å². The summed E-state index contributed by atoms with van der Waals surface area (Å²) >= 11 is 1.44. The molecule has 4 atom stereocenters. The van der Waals surface area contributed by atoms with Gasteiger partial charge in [-0.25, -0.2) is 4.79 Å². The highest BCUT2D eigenvalue weighted by atomic mass is 32.1. The molecule has 1 aromatic heterocycles. The highest BCUT2D eigenvalue weighted by Crippen LogP contribution is 2.49. The second kappa shape index (κ2) is 7.35. The average Bonchev–Trinajstić information content (AvgIpc) is 3.32. The van der Waals surface area contributed by atoms with Crippen LogP contribution in [0, 0.1) is 23.7 Å². The molecule has 0 spiro atoms. The summed E-state index contributed by atoms with van der Waals surface area (Å²) in [7, 11) is 0. The third-order valence-corrected chi connectivity index (χ3v) is 7.21. The monoisotopic (exact) mass is 403 g/mol. The second-order valence-electron chi connectivity index (χ2n) is 8.20. The molecule has 1 fully saturated rings. The van der Waals surface area contributed by atoms with Crippen molar-refractivity contribution in [3.05, 3.63) is 28.2 Å². The van der Waals surface area contributed by atoms with Gasteiger partial charge in [0.1, 0.15) is 5.00 Å². The van der Waals surface area contributed by atoms with E-state index in [0.29, 0.717) is 17.0 Å². The molecule has 150 valence electrons. The Morgan fingerprint density at radius 1 is 1.14 bits per heavy atom. The zero-order valence-electron chi connectivity index (χ0n) is 16.1. The number of esters is 1. The zero-order valence-corrected chi connectivity index (χ0v) is 16.9. The molecule has 1 saturated carbocycles. The molecule has 7 heteroatoms. The number of aliphatic carboxylic acids is 1. The standard InChI is InChI=1S/C21H25NO5S/c1-10(2)27-21(26)17-13-5-3-4-6-14(13)28-19(17)22-18(23)15-11-7-8-12(9-11)16(15)20(24)25/h7-8,10-12,15-16H,3-6,9H2,1-2H3,(H,22,23)(H,24,25)/t11-,12-,15+,16-/m0/s1. The van der Waals surface area contributed by atoms with Crippen LogP contribution >= 0.6 is 11.3 Å². The number of thiophene rings is 1. The van der Waals surface area contributed by atoms with Gasteiger partial charge in [-0.15, -0.1) is 11.3 Å². The van der Waals surface area contributed by atoms with Crippen molar-refractivity contribution >= 4 is 34.2 Å². The molecule has 1 heterocycles. The van der Waals surface area contributed by atoms with E-state index >= 15 is 0 Å². The Bertz CT molecular complexity index is 855. The Balaban J connectivity index is 1.63. The number of carbonyl (C=O) groups excluding carboxylic acids is 2. The average molecular weight is 404 g/mol. The van der Waals surface area contributed by atoms with Crippen LogP contribution in [0.4, 0.5) is 5.00 Å². The molecule has 0 aliphatic heterocycles. The second-order valence-corrected chi connectivity index (χ2v) is 9.30. The van der Waals surface area contributed by atoms with Gasteiger partial charge in [-0.2, -0.15) is 0 Å². The molecule has 4 rings (SSSR count). The van der Waals surface area contributed by atoms with E-state index in [0.717, 1.165) is 36.1 Å². The SMILES string of the molecule is CC(C)OC(=O)c1c(NC(=O)[C@H]2[C@@H](C(=O)O)[C@H]3C=C[C@H]2C3)sc2c1CCCC2. The summed E-state index contributed by atoms with van der Waals surface area (Å²) in [5.74, 6) is -3.07. The zero-order chi connectivity index (χ0) is 20.0. The predicted octanol–water partition coefficient (Wildman–Crippen LogP) is 3.65. The van der Waals surface area contributed by atoms with Crippen LogP contribution in [-0.2, 0) is 27.2 Å². The fourth-order valence-corrected chi connectivity index (χ4v) is 6.13. The van der Waals surface area contributed by atoms with E-state index in [2.05, 4.69) is 5.32 Å². The quantitative estimate of drug-likeness (QED) is 0.578. The van der Waals surface area contributed by atoms with Crippen LogP contribution in [0.2, 0.25) is 0 Å². The number of hydrogen-bond acceptors (Lipinski definition) is 5. The molecule has 0 radical (unpaired) electrons. The molecular formula is C21H25NO5S. The normalized spacial score (nSPS) is 27.7. The third-order valence-electron chi connectivity index (χ3n) is 6.00. The molecule has 3 aliphatic rings. The van der Waals surface area contributed by atoms with Crippen LogP contribution in [-0.4, -0.2) is 29.1 Å². The molecule has 0 aromatic carbocycles. The van der Waals surface area contributed by atoms with Gasteiger partial charge in [-0.1, -0.05) is 12.2 Å². The molecule has 0 unspecified atom stereocenters. The number of carbonyl (C=O) groups is 3. The first-order valence-corrected chi connectivity index (χ1v) is 10.8. The van der Waals surface area contributed by atoms with Gasteiger partial charge in [0.25, 0.3) is 0 Å². The fraction of sp³-hybridized carbons (Fsp3) is 0.571. The predicted molar refractivity (Wildman–Crippen MR) is 105 cm³/mol. The summed E-state index contributed by atoms with van der Waals surface area (Å²) in [6.45, 7) is 3.60. The lowest BCUT2D eigenvalue weighted by Crippen LogP contribution is -2.36. The van der Waals surface area contributed by atoms with Crippen molar-refractivity contribution in [2.24, 2.45) is 23.7 Å². The number of nitrogens with one attached hydrogen (secondary N) is 1. The molecule has 6 nitrogen and oxygen atoms in total. The first-order valence-electron chi connectivity index (χ1n) is 9.94. The van der Waals surface area contributed by atoms with Gasteiger partial charge in [-0.05, 0) is 63.4 Å². The number of anilines is 1. The third kappa shape index (κ3) is 3.26. The van der Waals surface area contributed by atoms with Crippen molar-refractivity contribution in [3.8, 4) is 0 Å². The van der Waals surface area contributed by atoms with E-state index in [1.54, 1.807) is 13.8 Å². The van der Waals surface area contributed by atoms with Gasteiger partial charge in [0.2, 0.25) is 5.91 Å². The maximum atomic E-state index is 13.1. The Morgan fingerprint density at radius 3 is 2.50 bits per heavy atom. The van der Waals surface area contributed by atoms with Crippen molar-refractivity contribution in [2.75, 3.05) is 5.32 Å². The van der Waals surface area contributed by atoms with Crippen molar-refractivity contribution in [3.63, 3.8) is 0 Å². The van der Waals surface area contributed by atoms with Crippen molar-refractivity contribution in [2.45, 2.75) is 52.1 Å². The number of amides is 1. The van der Waals surface area contributed by atoms with Crippen molar-refractivity contribution in [1.82, 2.24) is 0 Å². The number of carboxylic acid groups (broad SMARTS) is 1. The number of allylic oxidation sites excluding steroid dienone is 2. The van der Waals surface area contributed by atoms with Crippen molar-refractivity contribution < 1.29 is 24.2 Å². The van der Waals surface area contributed by atoms with Gasteiger partial charge in [0.05, 0.1) is 23.5 Å². The summed E-state index contributed by atoms with van der Waals surface area (Å²) in [6, 6.07) is 0. The molecule has 2 N–H and O–H groups in total. The van der Waals surface area contributed by atoms with Gasteiger partial charge < -0.3 is 15.2 Å². The lowest BCUT2D eigenvalue weighted by Gasteiger charge is -2.23. The summed E-state index contributed by atoms with van der Waals surface area (Å²) in [6.07, 6.45) is 8.12. The number of fused-ring (bicyclic) bond motifs is 3. The smallest absolute Gasteiger partial charge is 0.341 e. The Hall–Kier alpha value is -2.15. The minimum absolute atomic E-state index is 0.0493. The summed E-state index contributed by atoms with van der Waals surface area (Å²) < 4.78 is 5.43. The minimum Gasteiger partial charge on any atom is -0.481 e. The van der Waals surface area contributed by atoms with Gasteiger partial charge in [0.15, 0.2) is 0 Å². The lowest BCUT2D eigenvalue weighted by atomic mass is 9.82. The van der Waals surface area contributed by atoms with E-state index < -0.39 is 23.8 Å². The van der Waals surface area contributed by atoms with Gasteiger partial charge >= 0.3 is 11.9 Å². The topological polar surface area (TPSA) is 92.7 Å². The molecule has 0 saturated heterocycles. The van der Waals surface area contributed by atoms with Crippen LogP contribution < -0.4 is 5.32 Å². The largest absolute Gasteiger partial charge is 0.481 e. The highest BCUT2D eigenvalue weighted by molar-refractivity contribution is 7.17. The van der Waals surface area contributed by atoms with Crippen LogP contribution in [0.15, 0.2) is 12.2 Å². The van der Waals surface area contributed by atoms with E-state index in [9.17, 15) is 19.5 Å². The molecule has 1 amide bonds. The van der Waals surface area contributed by atoms with Crippen LogP contribution in [0.25, 0.3) is 0 Å². The Labute approximate surface area is 168 Å². The van der Waals surface area contributed by atoms with Crippen LogP contribution in [0.3, 0.4) is 0 Å². The molecular weight excluding hydrogens is 378 g/mol.